The number of ketones is 1. The highest BCUT2D eigenvalue weighted by Gasteiger charge is 2.11. The summed E-state index contributed by atoms with van der Waals surface area (Å²) in [4.78, 5) is 26.2. The summed E-state index contributed by atoms with van der Waals surface area (Å²) in [5.41, 5.74) is 2.61. The number of Topliss-reactive ketones (excluding diaryl/α,β-unsaturated/α-hetero) is 1. The number of hydrogen-bond donors (Lipinski definition) is 1. The highest BCUT2D eigenvalue weighted by molar-refractivity contribution is 5.94. The van der Waals surface area contributed by atoms with Gasteiger partial charge in [-0.3, -0.25) is 9.59 Å². The van der Waals surface area contributed by atoms with Gasteiger partial charge in [0, 0.05) is 36.4 Å². The molecule has 6 nitrogen and oxygen atoms in total. The van der Waals surface area contributed by atoms with Gasteiger partial charge >= 0.3 is 0 Å². The van der Waals surface area contributed by atoms with Crippen LogP contribution in [0.2, 0.25) is 0 Å². The van der Waals surface area contributed by atoms with Crippen molar-refractivity contribution in [1.29, 1.82) is 0 Å². The summed E-state index contributed by atoms with van der Waals surface area (Å²) >= 11 is 0. The van der Waals surface area contributed by atoms with Crippen LogP contribution in [0, 0.1) is 0 Å². The van der Waals surface area contributed by atoms with Crippen molar-refractivity contribution in [3.63, 3.8) is 0 Å². The van der Waals surface area contributed by atoms with Crippen LogP contribution in [0.3, 0.4) is 0 Å². The number of nitrogens with zero attached hydrogens (tertiary/aromatic N) is 1. The van der Waals surface area contributed by atoms with Crippen LogP contribution in [0.1, 0.15) is 55.8 Å². The van der Waals surface area contributed by atoms with Gasteiger partial charge in [0.05, 0.1) is 13.7 Å². The Bertz CT molecular complexity index is 872. The second kappa shape index (κ2) is 11.4. The Kier molecular flexibility index (Phi) is 8.33. The van der Waals surface area contributed by atoms with E-state index in [4.69, 9.17) is 9.47 Å². The zero-order valence-corrected chi connectivity index (χ0v) is 18.5. The lowest BCUT2D eigenvalue weighted by atomic mass is 10.1. The third-order valence-corrected chi connectivity index (χ3v) is 5.50. The Morgan fingerprint density at radius 2 is 1.68 bits per heavy atom. The molecule has 0 spiro atoms. The van der Waals surface area contributed by atoms with Gasteiger partial charge < -0.3 is 19.7 Å². The molecule has 31 heavy (non-hydrogen) atoms. The van der Waals surface area contributed by atoms with Gasteiger partial charge in [0.25, 0.3) is 0 Å². The van der Waals surface area contributed by atoms with E-state index in [1.54, 1.807) is 18.2 Å². The minimum Gasteiger partial charge on any atom is -0.493 e. The van der Waals surface area contributed by atoms with Crippen LogP contribution in [0.25, 0.3) is 0 Å². The Hall–Kier alpha value is -3.02. The number of amides is 1. The fraction of sp³-hybridized carbons (Fsp3) is 0.440. The molecule has 2 aromatic carbocycles. The molecule has 2 aromatic rings. The molecule has 0 radical (unpaired) electrons. The molecule has 166 valence electrons. The minimum atomic E-state index is -0.0370. The number of ether oxygens (including phenoxy) is 2. The summed E-state index contributed by atoms with van der Waals surface area (Å²) in [5.74, 6) is 1.02. The van der Waals surface area contributed by atoms with Gasteiger partial charge in [-0.2, -0.15) is 0 Å². The number of anilines is 2. The second-order valence-corrected chi connectivity index (χ2v) is 7.87. The van der Waals surface area contributed by atoms with Crippen molar-refractivity contribution in [2.24, 2.45) is 0 Å². The number of nitrogens with one attached hydrogen (secondary N) is 1. The third kappa shape index (κ3) is 6.74. The van der Waals surface area contributed by atoms with E-state index in [2.05, 4.69) is 22.3 Å². The Balaban J connectivity index is 1.42. The zero-order valence-electron chi connectivity index (χ0n) is 18.5. The van der Waals surface area contributed by atoms with Gasteiger partial charge in [0.1, 0.15) is 0 Å². The maximum atomic E-state index is 12.3. The van der Waals surface area contributed by atoms with Crippen molar-refractivity contribution in [3.05, 3.63) is 48.0 Å². The fourth-order valence-corrected chi connectivity index (χ4v) is 3.73. The lowest BCUT2D eigenvalue weighted by Gasteiger charge is -2.22. The van der Waals surface area contributed by atoms with Gasteiger partial charge in [-0.05, 0) is 68.7 Å². The summed E-state index contributed by atoms with van der Waals surface area (Å²) < 4.78 is 11.0. The Labute approximate surface area is 184 Å². The molecule has 1 fully saturated rings. The smallest absolute Gasteiger partial charge is 0.224 e. The number of benzene rings is 2. The normalized spacial score (nSPS) is 13.9. The molecule has 3 rings (SSSR count). The molecule has 1 N–H and O–H groups in total. The van der Waals surface area contributed by atoms with Gasteiger partial charge in [-0.25, -0.2) is 0 Å². The van der Waals surface area contributed by atoms with Crippen LogP contribution >= 0.6 is 0 Å². The van der Waals surface area contributed by atoms with Gasteiger partial charge in [-0.1, -0.05) is 12.8 Å². The first-order valence-electron chi connectivity index (χ1n) is 11.0. The molecule has 0 aromatic heterocycles. The monoisotopic (exact) mass is 424 g/mol. The number of carbonyl (C=O) groups excluding carboxylic acids is 2. The first-order valence-corrected chi connectivity index (χ1v) is 11.0. The van der Waals surface area contributed by atoms with Crippen molar-refractivity contribution >= 4 is 23.1 Å². The topological polar surface area (TPSA) is 67.9 Å². The molecular weight excluding hydrogens is 392 g/mol. The first kappa shape index (κ1) is 22.7. The van der Waals surface area contributed by atoms with Crippen LogP contribution < -0.4 is 19.7 Å². The van der Waals surface area contributed by atoms with E-state index in [0.29, 0.717) is 36.5 Å². The van der Waals surface area contributed by atoms with Crippen LogP contribution in [-0.2, 0) is 4.79 Å². The van der Waals surface area contributed by atoms with Crippen LogP contribution in [-0.4, -0.2) is 38.5 Å². The average molecular weight is 425 g/mol. The number of methoxy groups -OCH3 is 1. The van der Waals surface area contributed by atoms with Gasteiger partial charge in [0.2, 0.25) is 5.91 Å². The molecule has 0 atom stereocenters. The third-order valence-electron chi connectivity index (χ3n) is 5.50. The first-order chi connectivity index (χ1) is 15.1. The summed E-state index contributed by atoms with van der Waals surface area (Å²) in [6.07, 6.45) is 6.05. The van der Waals surface area contributed by atoms with Gasteiger partial charge in [-0.15, -0.1) is 0 Å². The molecular formula is C25H32N2O4. The molecule has 0 unspecified atom stereocenters. The summed E-state index contributed by atoms with van der Waals surface area (Å²) in [6.45, 7) is 4.11. The lowest BCUT2D eigenvalue weighted by molar-refractivity contribution is -0.116. The SMILES string of the molecule is COc1cc(C(C)=O)ccc1OCCCC(=O)Nc1ccc(N2CCCCCC2)cc1. The Morgan fingerprint density at radius 1 is 0.968 bits per heavy atom. The van der Waals surface area contributed by atoms with E-state index in [-0.39, 0.29) is 11.7 Å². The summed E-state index contributed by atoms with van der Waals surface area (Å²) in [7, 11) is 1.54. The summed E-state index contributed by atoms with van der Waals surface area (Å²) in [5, 5.41) is 2.95. The van der Waals surface area contributed by atoms with E-state index < -0.39 is 0 Å². The van der Waals surface area contributed by atoms with Crippen LogP contribution in [0.4, 0.5) is 11.4 Å². The van der Waals surface area contributed by atoms with Crippen LogP contribution in [0.15, 0.2) is 42.5 Å². The van der Waals surface area contributed by atoms with E-state index >= 15 is 0 Å². The molecule has 6 heteroatoms. The zero-order chi connectivity index (χ0) is 22.1. The predicted octanol–water partition coefficient (Wildman–Crippen LogP) is 5.08. The van der Waals surface area contributed by atoms with Crippen molar-refractivity contribution < 1.29 is 19.1 Å². The van der Waals surface area contributed by atoms with E-state index in [1.165, 1.54) is 45.4 Å². The maximum Gasteiger partial charge on any atom is 0.224 e. The molecule has 1 amide bonds. The quantitative estimate of drug-likeness (QED) is 0.449. The predicted molar refractivity (Wildman–Crippen MR) is 123 cm³/mol. The average Bonchev–Trinajstić information content (AvgIpc) is 3.07. The number of hydrogen-bond acceptors (Lipinski definition) is 5. The van der Waals surface area contributed by atoms with Crippen molar-refractivity contribution in [2.45, 2.75) is 45.4 Å². The number of carbonyl (C=O) groups is 2. The molecule has 1 heterocycles. The fourth-order valence-electron chi connectivity index (χ4n) is 3.73. The Morgan fingerprint density at radius 3 is 2.32 bits per heavy atom. The molecule has 1 saturated heterocycles. The molecule has 1 aliphatic rings. The lowest BCUT2D eigenvalue weighted by Crippen LogP contribution is -2.23. The molecule has 1 aliphatic heterocycles. The largest absolute Gasteiger partial charge is 0.493 e. The highest BCUT2D eigenvalue weighted by Crippen LogP contribution is 2.28. The summed E-state index contributed by atoms with van der Waals surface area (Å²) in [6, 6.07) is 13.2. The molecule has 0 aliphatic carbocycles. The van der Waals surface area contributed by atoms with Crippen LogP contribution in [0.5, 0.6) is 11.5 Å². The van der Waals surface area contributed by atoms with Crippen molar-refractivity contribution in [2.75, 3.05) is 37.0 Å². The molecule has 0 bridgehead atoms. The van der Waals surface area contributed by atoms with Crippen molar-refractivity contribution in [3.8, 4) is 11.5 Å². The van der Waals surface area contributed by atoms with Crippen molar-refractivity contribution in [1.82, 2.24) is 0 Å². The van der Waals surface area contributed by atoms with E-state index in [9.17, 15) is 9.59 Å². The standard InChI is InChI=1S/C25H32N2O4/c1-19(28)20-9-14-23(24(18-20)30-2)31-17-7-8-25(29)26-21-10-12-22(13-11-21)27-15-5-3-4-6-16-27/h9-14,18H,3-8,15-17H2,1-2H3,(H,26,29). The van der Waals surface area contributed by atoms with E-state index in [1.807, 2.05) is 12.1 Å². The second-order valence-electron chi connectivity index (χ2n) is 7.87. The van der Waals surface area contributed by atoms with Gasteiger partial charge in [0.15, 0.2) is 17.3 Å². The maximum absolute atomic E-state index is 12.3. The van der Waals surface area contributed by atoms with E-state index in [0.717, 1.165) is 18.8 Å². The highest BCUT2D eigenvalue weighted by atomic mass is 16.5. The minimum absolute atomic E-state index is 0.0269. The number of rotatable bonds is 9. The molecule has 0 saturated carbocycles.